The fraction of sp³-hybridized carbons (Fsp3) is 0.318. The fourth-order valence-electron chi connectivity index (χ4n) is 2.88. The standard InChI is InChI=1S/C22H24ClNO5/c1-13(2)20(15-7-9-17(23)10-8-15)22(27)29-12-19(25)24-18-11-16(21(26)28-4)6-5-14(18)3/h5-11,13,20H,12H2,1-4H3,(H,24,25)/t20-/m0/s1. The molecule has 0 radical (unpaired) electrons. The third-order valence-electron chi connectivity index (χ3n) is 4.43. The van der Waals surface area contributed by atoms with Gasteiger partial charge in [-0.1, -0.05) is 43.6 Å². The van der Waals surface area contributed by atoms with Crippen molar-refractivity contribution in [2.45, 2.75) is 26.7 Å². The van der Waals surface area contributed by atoms with Crippen molar-refractivity contribution < 1.29 is 23.9 Å². The largest absolute Gasteiger partial charge is 0.465 e. The normalized spacial score (nSPS) is 11.7. The van der Waals surface area contributed by atoms with Gasteiger partial charge in [0.05, 0.1) is 18.6 Å². The van der Waals surface area contributed by atoms with Crippen molar-refractivity contribution in [1.29, 1.82) is 0 Å². The number of aryl methyl sites for hydroxylation is 1. The molecule has 6 nitrogen and oxygen atoms in total. The number of benzene rings is 2. The van der Waals surface area contributed by atoms with Crippen LogP contribution in [0, 0.1) is 12.8 Å². The summed E-state index contributed by atoms with van der Waals surface area (Å²) >= 11 is 5.91. The van der Waals surface area contributed by atoms with Crippen molar-refractivity contribution in [1.82, 2.24) is 0 Å². The molecule has 1 N–H and O–H groups in total. The van der Waals surface area contributed by atoms with E-state index in [9.17, 15) is 14.4 Å². The van der Waals surface area contributed by atoms with Gasteiger partial charge in [0.25, 0.3) is 5.91 Å². The topological polar surface area (TPSA) is 81.7 Å². The Balaban J connectivity index is 2.03. The molecule has 2 rings (SSSR count). The third-order valence-corrected chi connectivity index (χ3v) is 4.68. The Hall–Kier alpha value is -2.86. The van der Waals surface area contributed by atoms with E-state index in [1.165, 1.54) is 13.2 Å². The Labute approximate surface area is 175 Å². The molecule has 0 saturated heterocycles. The van der Waals surface area contributed by atoms with Crippen LogP contribution in [-0.2, 0) is 19.1 Å². The molecule has 0 bridgehead atoms. The van der Waals surface area contributed by atoms with Crippen molar-refractivity contribution in [3.63, 3.8) is 0 Å². The summed E-state index contributed by atoms with van der Waals surface area (Å²) in [5, 5.41) is 3.24. The summed E-state index contributed by atoms with van der Waals surface area (Å²) in [6.07, 6.45) is 0. The Kier molecular flexibility index (Phi) is 7.79. The number of anilines is 1. The summed E-state index contributed by atoms with van der Waals surface area (Å²) in [5.74, 6) is -2.02. The number of esters is 2. The van der Waals surface area contributed by atoms with Crippen LogP contribution in [0.1, 0.15) is 41.3 Å². The van der Waals surface area contributed by atoms with Gasteiger partial charge in [0.15, 0.2) is 6.61 Å². The first-order chi connectivity index (χ1) is 13.7. The van der Waals surface area contributed by atoms with Gasteiger partial charge in [0.2, 0.25) is 0 Å². The molecular formula is C22H24ClNO5. The average Bonchev–Trinajstić information content (AvgIpc) is 2.69. The minimum Gasteiger partial charge on any atom is -0.465 e. The van der Waals surface area contributed by atoms with Crippen molar-refractivity contribution in [3.8, 4) is 0 Å². The number of rotatable bonds is 7. The van der Waals surface area contributed by atoms with Crippen LogP contribution >= 0.6 is 11.6 Å². The van der Waals surface area contributed by atoms with Crippen LogP contribution in [0.4, 0.5) is 5.69 Å². The van der Waals surface area contributed by atoms with Gasteiger partial charge in [-0.2, -0.15) is 0 Å². The lowest BCUT2D eigenvalue weighted by atomic mass is 9.88. The molecule has 0 fully saturated rings. The van der Waals surface area contributed by atoms with E-state index in [-0.39, 0.29) is 5.92 Å². The lowest BCUT2D eigenvalue weighted by molar-refractivity contribution is -0.149. The molecule has 29 heavy (non-hydrogen) atoms. The molecule has 0 unspecified atom stereocenters. The van der Waals surface area contributed by atoms with Crippen molar-refractivity contribution in [2.75, 3.05) is 19.0 Å². The molecule has 0 aromatic heterocycles. The molecular weight excluding hydrogens is 394 g/mol. The second-order valence-electron chi connectivity index (χ2n) is 6.95. The van der Waals surface area contributed by atoms with E-state index in [1.54, 1.807) is 43.3 Å². The quantitative estimate of drug-likeness (QED) is 0.677. The third kappa shape index (κ3) is 6.06. The minimum atomic E-state index is -0.510. The van der Waals surface area contributed by atoms with E-state index in [4.69, 9.17) is 16.3 Å². The molecule has 1 amide bonds. The molecule has 0 spiro atoms. The lowest BCUT2D eigenvalue weighted by Crippen LogP contribution is -2.26. The van der Waals surface area contributed by atoms with Gasteiger partial charge in [-0.05, 0) is 48.2 Å². The van der Waals surface area contributed by atoms with Crippen LogP contribution in [-0.4, -0.2) is 31.6 Å². The van der Waals surface area contributed by atoms with Gasteiger partial charge in [-0.15, -0.1) is 0 Å². The smallest absolute Gasteiger partial charge is 0.337 e. The van der Waals surface area contributed by atoms with Crippen LogP contribution in [0.3, 0.4) is 0 Å². The maximum Gasteiger partial charge on any atom is 0.337 e. The van der Waals surface area contributed by atoms with Gasteiger partial charge in [-0.3, -0.25) is 9.59 Å². The van der Waals surface area contributed by atoms with Crippen LogP contribution in [0.25, 0.3) is 0 Å². The summed E-state index contributed by atoms with van der Waals surface area (Å²) < 4.78 is 9.93. The number of carbonyl (C=O) groups excluding carboxylic acids is 3. The predicted octanol–water partition coefficient (Wildman–Crippen LogP) is 4.36. The fourth-order valence-corrected chi connectivity index (χ4v) is 3.00. The summed E-state index contributed by atoms with van der Waals surface area (Å²) in [4.78, 5) is 36.5. The highest BCUT2D eigenvalue weighted by Gasteiger charge is 2.26. The summed E-state index contributed by atoms with van der Waals surface area (Å²) in [6, 6.07) is 11.8. The number of hydrogen-bond acceptors (Lipinski definition) is 5. The van der Waals surface area contributed by atoms with E-state index in [2.05, 4.69) is 10.1 Å². The summed E-state index contributed by atoms with van der Waals surface area (Å²) in [7, 11) is 1.28. The SMILES string of the molecule is COC(=O)c1ccc(C)c(NC(=O)COC(=O)[C@H](c2ccc(Cl)cc2)C(C)C)c1. The zero-order valence-corrected chi connectivity index (χ0v) is 17.6. The molecule has 0 saturated carbocycles. The predicted molar refractivity (Wildman–Crippen MR) is 111 cm³/mol. The summed E-state index contributed by atoms with van der Waals surface area (Å²) in [6.45, 7) is 5.17. The molecule has 0 aliphatic rings. The van der Waals surface area contributed by atoms with Gasteiger partial charge in [0, 0.05) is 10.7 Å². The highest BCUT2D eigenvalue weighted by Crippen LogP contribution is 2.27. The highest BCUT2D eigenvalue weighted by atomic mass is 35.5. The zero-order chi connectivity index (χ0) is 21.6. The molecule has 0 heterocycles. The Morgan fingerprint density at radius 2 is 1.72 bits per heavy atom. The number of ether oxygens (including phenoxy) is 2. The van der Waals surface area contributed by atoms with Gasteiger partial charge < -0.3 is 14.8 Å². The Morgan fingerprint density at radius 3 is 2.31 bits per heavy atom. The van der Waals surface area contributed by atoms with E-state index in [1.807, 2.05) is 13.8 Å². The monoisotopic (exact) mass is 417 g/mol. The molecule has 1 atom stereocenters. The molecule has 2 aromatic rings. The van der Waals surface area contributed by atoms with E-state index in [0.717, 1.165) is 11.1 Å². The van der Waals surface area contributed by atoms with Gasteiger partial charge >= 0.3 is 11.9 Å². The summed E-state index contributed by atoms with van der Waals surface area (Å²) in [5.41, 5.74) is 2.30. The van der Waals surface area contributed by atoms with E-state index < -0.39 is 30.4 Å². The second kappa shape index (κ2) is 10.1. The van der Waals surface area contributed by atoms with E-state index in [0.29, 0.717) is 16.3 Å². The molecule has 2 aromatic carbocycles. The second-order valence-corrected chi connectivity index (χ2v) is 7.39. The first kappa shape index (κ1) is 22.4. The number of halogens is 1. The number of methoxy groups -OCH3 is 1. The van der Waals surface area contributed by atoms with Crippen LogP contribution in [0.2, 0.25) is 5.02 Å². The number of amides is 1. The Bertz CT molecular complexity index is 893. The Morgan fingerprint density at radius 1 is 1.07 bits per heavy atom. The lowest BCUT2D eigenvalue weighted by Gasteiger charge is -2.20. The van der Waals surface area contributed by atoms with Crippen LogP contribution in [0.15, 0.2) is 42.5 Å². The van der Waals surface area contributed by atoms with Crippen molar-refractivity contribution >= 4 is 35.1 Å². The van der Waals surface area contributed by atoms with Crippen LogP contribution in [0.5, 0.6) is 0 Å². The first-order valence-corrected chi connectivity index (χ1v) is 9.51. The maximum absolute atomic E-state index is 12.6. The minimum absolute atomic E-state index is 0.0225. The zero-order valence-electron chi connectivity index (χ0n) is 16.8. The van der Waals surface area contributed by atoms with Crippen LogP contribution < -0.4 is 5.32 Å². The maximum atomic E-state index is 12.6. The number of hydrogen-bond donors (Lipinski definition) is 1. The number of carbonyl (C=O) groups is 3. The molecule has 7 heteroatoms. The molecule has 0 aliphatic carbocycles. The van der Waals surface area contributed by atoms with E-state index >= 15 is 0 Å². The average molecular weight is 418 g/mol. The van der Waals surface area contributed by atoms with Crippen molar-refractivity contribution in [2.24, 2.45) is 5.92 Å². The molecule has 0 aliphatic heterocycles. The van der Waals surface area contributed by atoms with Crippen molar-refractivity contribution in [3.05, 3.63) is 64.2 Å². The molecule has 154 valence electrons. The van der Waals surface area contributed by atoms with Gasteiger partial charge in [0.1, 0.15) is 0 Å². The highest BCUT2D eigenvalue weighted by molar-refractivity contribution is 6.30. The van der Waals surface area contributed by atoms with Gasteiger partial charge in [-0.25, -0.2) is 4.79 Å². The number of nitrogens with one attached hydrogen (secondary N) is 1. The first-order valence-electron chi connectivity index (χ1n) is 9.13.